The number of anilines is 2. The van der Waals surface area contributed by atoms with Crippen LogP contribution in [0.4, 0.5) is 42.5 Å². The molecule has 0 radical (unpaired) electrons. The Balaban J connectivity index is 2.50. The van der Waals surface area contributed by atoms with Crippen LogP contribution in [0.2, 0.25) is 0 Å². The molecule has 0 atom stereocenters. The van der Waals surface area contributed by atoms with Crippen molar-refractivity contribution in [2.45, 2.75) is 11.0 Å². The quantitative estimate of drug-likeness (QED) is 0.345. The van der Waals surface area contributed by atoms with E-state index >= 15 is 0 Å². The zero-order valence-corrected chi connectivity index (χ0v) is 16.7. The number of carbonyl (C=O) groups excluding carboxylic acids is 1. The molecule has 0 saturated heterocycles. The van der Waals surface area contributed by atoms with Crippen LogP contribution in [0.1, 0.15) is 0 Å². The van der Waals surface area contributed by atoms with E-state index in [1.165, 1.54) is 24.3 Å². The first-order valence-corrected chi connectivity index (χ1v) is 10.6. The number of amides is 2. The second-order valence-electron chi connectivity index (χ2n) is 5.54. The Morgan fingerprint density at radius 2 is 1.25 bits per heavy atom. The van der Waals surface area contributed by atoms with Gasteiger partial charge < -0.3 is 19.0 Å². The predicted molar refractivity (Wildman–Crippen MR) is 96.7 cm³/mol. The van der Waals surface area contributed by atoms with E-state index in [4.69, 9.17) is 0 Å². The van der Waals surface area contributed by atoms with Crippen LogP contribution in [-0.4, -0.2) is 33.9 Å². The molecule has 2 amide bonds. The molecular weight excluding hydrogens is 498 g/mol. The molecule has 2 aromatic carbocycles. The van der Waals surface area contributed by atoms with Gasteiger partial charge in [-0.3, -0.25) is 0 Å². The molecule has 0 spiro atoms. The van der Waals surface area contributed by atoms with E-state index in [-0.39, 0.29) is 5.69 Å². The first-order valence-electron chi connectivity index (χ1n) is 7.81. The molecule has 2 N–H and O–H groups in total. The summed E-state index contributed by atoms with van der Waals surface area (Å²) in [5.74, 6) is -3.26. The maximum absolute atomic E-state index is 12.7. The number of carbonyl (C=O) groups is 1. The number of halogens is 6. The van der Waals surface area contributed by atoms with E-state index in [0.29, 0.717) is 6.07 Å². The highest BCUT2D eigenvalue weighted by atomic mass is 32.2. The lowest BCUT2D eigenvalue weighted by Crippen LogP contribution is -2.30. The number of benzene rings is 2. The standard InChI is InChI=1S/C15H10F6N2O7S2/c16-14(17,18)31(25,26)29-11-8-4-7-10(12(11)30-32(27,28)15(19,20)21)23-13(24)22-9-5-2-1-3-6-9/h1-8H,(H2,22,23,24). The largest absolute Gasteiger partial charge is 0.534 e. The second kappa shape index (κ2) is 8.73. The number of hydrogen-bond donors (Lipinski definition) is 2. The second-order valence-corrected chi connectivity index (χ2v) is 8.62. The molecule has 9 nitrogen and oxygen atoms in total. The van der Waals surface area contributed by atoms with Crippen LogP contribution >= 0.6 is 0 Å². The van der Waals surface area contributed by atoms with Gasteiger partial charge in [-0.2, -0.15) is 43.2 Å². The minimum Gasteiger partial charge on any atom is -0.372 e. The van der Waals surface area contributed by atoms with Crippen LogP contribution in [0.3, 0.4) is 0 Å². The van der Waals surface area contributed by atoms with Gasteiger partial charge >= 0.3 is 37.3 Å². The number of alkyl halides is 6. The lowest BCUT2D eigenvalue weighted by atomic mass is 10.2. The molecule has 0 unspecified atom stereocenters. The first-order chi connectivity index (χ1) is 14.5. The normalized spacial score (nSPS) is 12.7. The summed E-state index contributed by atoms with van der Waals surface area (Å²) in [6.07, 6.45) is 0. The maximum Gasteiger partial charge on any atom is 0.534 e. The van der Waals surface area contributed by atoms with E-state index in [1.54, 1.807) is 6.07 Å². The van der Waals surface area contributed by atoms with Crippen LogP contribution in [0.5, 0.6) is 11.5 Å². The molecule has 2 rings (SSSR count). The summed E-state index contributed by atoms with van der Waals surface area (Å²) in [6.45, 7) is 0. The summed E-state index contributed by atoms with van der Waals surface area (Å²) in [6, 6.07) is 8.02. The fraction of sp³-hybridized carbons (Fsp3) is 0.133. The Bertz CT molecular complexity index is 1200. The number of rotatable bonds is 6. The van der Waals surface area contributed by atoms with Crippen molar-refractivity contribution >= 4 is 37.6 Å². The highest BCUT2D eigenvalue weighted by Crippen LogP contribution is 2.41. The average Bonchev–Trinajstić information content (AvgIpc) is 2.63. The molecule has 0 fully saturated rings. The zero-order valence-electron chi connectivity index (χ0n) is 15.1. The van der Waals surface area contributed by atoms with Gasteiger partial charge in [-0.1, -0.05) is 24.3 Å². The van der Waals surface area contributed by atoms with Crippen molar-refractivity contribution in [2.24, 2.45) is 0 Å². The van der Waals surface area contributed by atoms with Crippen LogP contribution in [0, 0.1) is 0 Å². The van der Waals surface area contributed by atoms with Gasteiger partial charge in [0.2, 0.25) is 5.75 Å². The summed E-state index contributed by atoms with van der Waals surface area (Å²) in [4.78, 5) is 12.1. The monoisotopic (exact) mass is 508 g/mol. The highest BCUT2D eigenvalue weighted by Gasteiger charge is 2.51. The third kappa shape index (κ3) is 5.94. The molecule has 0 aliphatic rings. The van der Waals surface area contributed by atoms with Gasteiger partial charge in [0, 0.05) is 5.69 Å². The Labute approximate surface area is 176 Å². The van der Waals surface area contributed by atoms with E-state index in [1.807, 2.05) is 5.32 Å². The van der Waals surface area contributed by atoms with Crippen molar-refractivity contribution in [3.8, 4) is 11.5 Å². The lowest BCUT2D eigenvalue weighted by Gasteiger charge is -2.17. The molecular formula is C15H10F6N2O7S2. The Hall–Kier alpha value is -3.21. The molecule has 17 heteroatoms. The van der Waals surface area contributed by atoms with Crippen molar-refractivity contribution in [3.05, 3.63) is 48.5 Å². The molecule has 2 aromatic rings. The lowest BCUT2D eigenvalue weighted by molar-refractivity contribution is -0.0512. The van der Waals surface area contributed by atoms with Crippen LogP contribution < -0.4 is 19.0 Å². The highest BCUT2D eigenvalue weighted by molar-refractivity contribution is 7.88. The van der Waals surface area contributed by atoms with Crippen molar-refractivity contribution in [2.75, 3.05) is 10.6 Å². The average molecular weight is 508 g/mol. The fourth-order valence-electron chi connectivity index (χ4n) is 1.89. The molecule has 176 valence electrons. The Morgan fingerprint density at radius 1 is 0.719 bits per heavy atom. The van der Waals surface area contributed by atoms with E-state index in [9.17, 15) is 48.0 Å². The molecule has 32 heavy (non-hydrogen) atoms. The summed E-state index contributed by atoms with van der Waals surface area (Å²) < 4.78 is 129. The van der Waals surface area contributed by atoms with Crippen molar-refractivity contribution in [1.82, 2.24) is 0 Å². The topological polar surface area (TPSA) is 128 Å². The molecule has 0 bridgehead atoms. The van der Waals surface area contributed by atoms with Gasteiger partial charge in [-0.05, 0) is 24.3 Å². The maximum atomic E-state index is 12.7. The van der Waals surface area contributed by atoms with Gasteiger partial charge in [0.15, 0.2) is 5.75 Å². The molecule has 0 aromatic heterocycles. The Morgan fingerprint density at radius 3 is 1.78 bits per heavy atom. The van der Waals surface area contributed by atoms with Crippen LogP contribution in [0.15, 0.2) is 48.5 Å². The van der Waals surface area contributed by atoms with Gasteiger partial charge in [0.05, 0.1) is 5.69 Å². The van der Waals surface area contributed by atoms with Crippen molar-refractivity contribution in [3.63, 3.8) is 0 Å². The summed E-state index contributed by atoms with van der Waals surface area (Å²) >= 11 is 0. The minimum atomic E-state index is -6.51. The summed E-state index contributed by atoms with van der Waals surface area (Å²) in [7, 11) is -13.0. The van der Waals surface area contributed by atoms with E-state index in [2.05, 4.69) is 13.7 Å². The smallest absolute Gasteiger partial charge is 0.372 e. The molecule has 0 saturated carbocycles. The Kier molecular flexibility index (Phi) is 6.84. The predicted octanol–water partition coefficient (Wildman–Crippen LogP) is 3.79. The summed E-state index contributed by atoms with van der Waals surface area (Å²) in [5, 5.41) is 4.02. The first kappa shape index (κ1) is 25.1. The number of para-hydroxylation sites is 2. The van der Waals surface area contributed by atoms with Crippen LogP contribution in [0.25, 0.3) is 0 Å². The minimum absolute atomic E-state index is 0.169. The number of hydrogen-bond acceptors (Lipinski definition) is 7. The van der Waals surface area contributed by atoms with E-state index < -0.39 is 54.5 Å². The SMILES string of the molecule is O=C(Nc1ccccc1)Nc1cccc(OS(=O)(=O)C(F)(F)F)c1OS(=O)(=O)C(F)(F)F. The third-order valence-electron chi connectivity index (χ3n) is 3.22. The van der Waals surface area contributed by atoms with Gasteiger partial charge in [0.25, 0.3) is 0 Å². The molecule has 0 aliphatic heterocycles. The van der Waals surface area contributed by atoms with Gasteiger partial charge in [-0.15, -0.1) is 0 Å². The van der Waals surface area contributed by atoms with Gasteiger partial charge in [-0.25, -0.2) is 4.79 Å². The number of nitrogens with one attached hydrogen (secondary N) is 2. The van der Waals surface area contributed by atoms with E-state index in [0.717, 1.165) is 12.1 Å². The van der Waals surface area contributed by atoms with Crippen molar-refractivity contribution < 1.29 is 56.3 Å². The van der Waals surface area contributed by atoms with Gasteiger partial charge in [0.1, 0.15) is 0 Å². The van der Waals surface area contributed by atoms with Crippen LogP contribution in [-0.2, 0) is 20.2 Å². The summed E-state index contributed by atoms with van der Waals surface area (Å²) in [5.41, 5.74) is -12.9. The number of urea groups is 1. The third-order valence-corrected chi connectivity index (χ3v) is 5.14. The molecule has 0 aliphatic carbocycles. The zero-order chi connectivity index (χ0) is 24.4. The fourth-order valence-corrected chi connectivity index (χ4v) is 2.84. The van der Waals surface area contributed by atoms with Crippen molar-refractivity contribution in [1.29, 1.82) is 0 Å². The molecule has 0 heterocycles.